The Kier molecular flexibility index (Phi) is 2.72. The first kappa shape index (κ1) is 10.4. The summed E-state index contributed by atoms with van der Waals surface area (Å²) in [6, 6.07) is 6.38. The van der Waals surface area contributed by atoms with Gasteiger partial charge < -0.3 is 9.84 Å². The molecule has 0 saturated heterocycles. The Morgan fingerprint density at radius 1 is 1.44 bits per heavy atom. The maximum Gasteiger partial charge on any atom is 0.338 e. The lowest BCUT2D eigenvalue weighted by molar-refractivity contribution is 0.0526. The summed E-state index contributed by atoms with van der Waals surface area (Å²) in [5, 5.41) is 10.2. The molecule has 4 nitrogen and oxygen atoms in total. The maximum absolute atomic E-state index is 11.5. The van der Waals surface area contributed by atoms with Crippen LogP contribution in [0, 0.1) is 0 Å². The fraction of sp³-hybridized carbons (Fsp3) is 0.167. The van der Waals surface area contributed by atoms with Crippen LogP contribution in [0.25, 0.3) is 10.9 Å². The van der Waals surface area contributed by atoms with E-state index in [0.717, 1.165) is 0 Å². The van der Waals surface area contributed by atoms with Crippen molar-refractivity contribution in [1.29, 1.82) is 0 Å². The number of benzene rings is 1. The predicted octanol–water partition coefficient (Wildman–Crippen LogP) is 2.12. The molecule has 0 aliphatic heterocycles. The number of carbonyl (C=O) groups excluding carboxylic acids is 1. The highest BCUT2D eigenvalue weighted by atomic mass is 16.5. The average Bonchev–Trinajstić information content (AvgIpc) is 2.29. The number of ether oxygens (including phenoxy) is 1. The smallest absolute Gasteiger partial charge is 0.338 e. The number of pyridine rings is 1. The summed E-state index contributed by atoms with van der Waals surface area (Å²) in [4.78, 5) is 15.6. The van der Waals surface area contributed by atoms with E-state index in [1.54, 1.807) is 25.1 Å². The molecule has 16 heavy (non-hydrogen) atoms. The van der Waals surface area contributed by atoms with E-state index in [1.165, 1.54) is 12.3 Å². The summed E-state index contributed by atoms with van der Waals surface area (Å²) in [7, 11) is 0. The molecule has 0 fully saturated rings. The van der Waals surface area contributed by atoms with E-state index in [2.05, 4.69) is 4.98 Å². The zero-order chi connectivity index (χ0) is 11.5. The van der Waals surface area contributed by atoms with Crippen LogP contribution >= 0.6 is 0 Å². The van der Waals surface area contributed by atoms with Gasteiger partial charge in [-0.3, -0.25) is 4.98 Å². The second kappa shape index (κ2) is 4.18. The van der Waals surface area contributed by atoms with Crippen molar-refractivity contribution in [2.75, 3.05) is 6.61 Å². The maximum atomic E-state index is 11.5. The van der Waals surface area contributed by atoms with Gasteiger partial charge in [-0.25, -0.2) is 4.79 Å². The minimum atomic E-state index is -0.396. The minimum absolute atomic E-state index is 0.108. The third kappa shape index (κ3) is 1.82. The van der Waals surface area contributed by atoms with Crippen LogP contribution in [-0.4, -0.2) is 22.7 Å². The Bertz CT molecular complexity index is 537. The molecule has 0 spiro atoms. The lowest BCUT2D eigenvalue weighted by Crippen LogP contribution is -2.04. The van der Waals surface area contributed by atoms with Crippen molar-refractivity contribution in [3.05, 3.63) is 36.0 Å². The van der Waals surface area contributed by atoms with Crippen LogP contribution in [0.1, 0.15) is 17.3 Å². The zero-order valence-corrected chi connectivity index (χ0v) is 8.80. The number of aromatic hydroxyl groups is 1. The standard InChI is InChI=1S/C12H11NO3/c1-2-16-12(15)8-3-4-10-9(7-8)11(14)5-6-13-10/h3-7H,2H2,1H3,(H,13,14). The van der Waals surface area contributed by atoms with E-state index in [-0.39, 0.29) is 5.75 Å². The van der Waals surface area contributed by atoms with Crippen molar-refractivity contribution < 1.29 is 14.6 Å². The van der Waals surface area contributed by atoms with Crippen molar-refractivity contribution in [1.82, 2.24) is 4.98 Å². The Balaban J connectivity index is 2.51. The third-order valence-electron chi connectivity index (χ3n) is 2.23. The van der Waals surface area contributed by atoms with Crippen LogP contribution in [-0.2, 0) is 4.74 Å². The lowest BCUT2D eigenvalue weighted by Gasteiger charge is -2.04. The summed E-state index contributed by atoms with van der Waals surface area (Å²) in [5.74, 6) is -0.288. The van der Waals surface area contributed by atoms with Crippen molar-refractivity contribution in [2.45, 2.75) is 6.92 Å². The summed E-state index contributed by atoms with van der Waals surface area (Å²) in [5.41, 5.74) is 1.06. The van der Waals surface area contributed by atoms with Crippen LogP contribution in [0.2, 0.25) is 0 Å². The molecule has 0 aliphatic rings. The number of fused-ring (bicyclic) bond motifs is 1. The third-order valence-corrected chi connectivity index (χ3v) is 2.23. The Labute approximate surface area is 92.5 Å². The minimum Gasteiger partial charge on any atom is -0.507 e. The second-order valence-corrected chi connectivity index (χ2v) is 3.28. The number of aromatic nitrogens is 1. The van der Waals surface area contributed by atoms with E-state index in [0.29, 0.717) is 23.1 Å². The molecule has 0 bridgehead atoms. The summed E-state index contributed by atoms with van der Waals surface area (Å²) < 4.78 is 4.88. The van der Waals surface area contributed by atoms with Crippen LogP contribution in [0.5, 0.6) is 5.75 Å². The van der Waals surface area contributed by atoms with E-state index >= 15 is 0 Å². The summed E-state index contributed by atoms with van der Waals surface area (Å²) >= 11 is 0. The summed E-state index contributed by atoms with van der Waals surface area (Å²) in [6.45, 7) is 2.08. The number of nitrogens with zero attached hydrogens (tertiary/aromatic N) is 1. The summed E-state index contributed by atoms with van der Waals surface area (Å²) in [6.07, 6.45) is 1.52. The van der Waals surface area contributed by atoms with Gasteiger partial charge in [-0.15, -0.1) is 0 Å². The van der Waals surface area contributed by atoms with Gasteiger partial charge in [0.1, 0.15) is 5.75 Å². The van der Waals surface area contributed by atoms with E-state index in [9.17, 15) is 9.90 Å². The SMILES string of the molecule is CCOC(=O)c1ccc2nccc(O)c2c1. The van der Waals surface area contributed by atoms with Crippen molar-refractivity contribution in [3.63, 3.8) is 0 Å². The molecule has 0 atom stereocenters. The van der Waals surface area contributed by atoms with Crippen molar-refractivity contribution in [2.24, 2.45) is 0 Å². The highest BCUT2D eigenvalue weighted by molar-refractivity contribution is 5.96. The lowest BCUT2D eigenvalue weighted by atomic mass is 10.1. The van der Waals surface area contributed by atoms with Gasteiger partial charge >= 0.3 is 5.97 Å². The molecule has 1 heterocycles. The fourth-order valence-corrected chi connectivity index (χ4v) is 1.47. The van der Waals surface area contributed by atoms with Gasteiger partial charge in [0.2, 0.25) is 0 Å². The van der Waals surface area contributed by atoms with Gasteiger partial charge in [0.25, 0.3) is 0 Å². The molecule has 1 aromatic carbocycles. The van der Waals surface area contributed by atoms with Crippen molar-refractivity contribution >= 4 is 16.9 Å². The van der Waals surface area contributed by atoms with Crippen LogP contribution in [0.15, 0.2) is 30.5 Å². The number of hydrogen-bond donors (Lipinski definition) is 1. The van der Waals surface area contributed by atoms with E-state index < -0.39 is 5.97 Å². The molecular formula is C12H11NO3. The zero-order valence-electron chi connectivity index (χ0n) is 8.80. The van der Waals surface area contributed by atoms with Gasteiger partial charge in [0.05, 0.1) is 17.7 Å². The number of rotatable bonds is 2. The largest absolute Gasteiger partial charge is 0.507 e. The Morgan fingerprint density at radius 2 is 2.25 bits per heavy atom. The normalized spacial score (nSPS) is 10.3. The first-order valence-corrected chi connectivity index (χ1v) is 4.97. The molecule has 0 unspecified atom stereocenters. The van der Waals surface area contributed by atoms with Crippen LogP contribution in [0.3, 0.4) is 0 Å². The molecule has 0 amide bonds. The molecule has 0 radical (unpaired) electrons. The highest BCUT2D eigenvalue weighted by Gasteiger charge is 2.08. The van der Waals surface area contributed by atoms with Gasteiger partial charge in [-0.1, -0.05) is 0 Å². The molecule has 82 valence electrons. The first-order chi connectivity index (χ1) is 7.72. The van der Waals surface area contributed by atoms with Crippen LogP contribution < -0.4 is 0 Å². The van der Waals surface area contributed by atoms with E-state index in [1.807, 2.05) is 0 Å². The van der Waals surface area contributed by atoms with Gasteiger partial charge in [0, 0.05) is 11.6 Å². The molecular weight excluding hydrogens is 206 g/mol. The molecule has 0 saturated carbocycles. The average molecular weight is 217 g/mol. The van der Waals surface area contributed by atoms with Crippen molar-refractivity contribution in [3.8, 4) is 5.75 Å². The number of esters is 1. The predicted molar refractivity (Wildman–Crippen MR) is 59.4 cm³/mol. The molecule has 4 heteroatoms. The Morgan fingerprint density at radius 3 is 3.00 bits per heavy atom. The topological polar surface area (TPSA) is 59.4 Å². The molecule has 2 rings (SSSR count). The quantitative estimate of drug-likeness (QED) is 0.783. The van der Waals surface area contributed by atoms with Gasteiger partial charge in [-0.05, 0) is 31.2 Å². The molecule has 0 aliphatic carbocycles. The molecule has 1 N–H and O–H groups in total. The van der Waals surface area contributed by atoms with E-state index in [4.69, 9.17) is 4.74 Å². The second-order valence-electron chi connectivity index (χ2n) is 3.28. The molecule has 2 aromatic rings. The first-order valence-electron chi connectivity index (χ1n) is 4.97. The van der Waals surface area contributed by atoms with Gasteiger partial charge in [0.15, 0.2) is 0 Å². The highest BCUT2D eigenvalue weighted by Crippen LogP contribution is 2.23. The Hall–Kier alpha value is -2.10. The van der Waals surface area contributed by atoms with Crippen LogP contribution in [0.4, 0.5) is 0 Å². The molecule has 1 aromatic heterocycles. The monoisotopic (exact) mass is 217 g/mol. The fourth-order valence-electron chi connectivity index (χ4n) is 1.47. The number of carbonyl (C=O) groups is 1. The number of hydrogen-bond acceptors (Lipinski definition) is 4. The van der Waals surface area contributed by atoms with Gasteiger partial charge in [-0.2, -0.15) is 0 Å².